The molecular weight excluding hydrogens is 293 g/mol. The molecule has 1 heterocycles. The Kier molecular flexibility index (Phi) is 5.11. The fourth-order valence-electron chi connectivity index (χ4n) is 1.67. The van der Waals surface area contributed by atoms with Crippen LogP contribution in [0.4, 0.5) is 0 Å². The number of rotatable bonds is 3. The predicted octanol–water partition coefficient (Wildman–Crippen LogP) is -0.0872. The standard InChI is InChI=1S/C9H18IN3O/c1-8(11)7-12-2-4-13(5-3-12)9(14)6-10/h8H,2-7,11H2,1H3. The third-order valence-electron chi connectivity index (χ3n) is 2.39. The van der Waals surface area contributed by atoms with Crippen molar-refractivity contribution in [2.45, 2.75) is 13.0 Å². The molecule has 0 radical (unpaired) electrons. The van der Waals surface area contributed by atoms with E-state index in [4.69, 9.17) is 5.73 Å². The van der Waals surface area contributed by atoms with Crippen molar-refractivity contribution in [3.63, 3.8) is 0 Å². The molecule has 0 aromatic rings. The van der Waals surface area contributed by atoms with Crippen LogP contribution in [0, 0.1) is 0 Å². The molecule has 82 valence electrons. The number of nitrogens with zero attached hydrogens (tertiary/aromatic N) is 2. The van der Waals surface area contributed by atoms with Crippen LogP contribution < -0.4 is 5.73 Å². The molecule has 0 saturated carbocycles. The Labute approximate surface area is 98.9 Å². The number of alkyl halides is 1. The topological polar surface area (TPSA) is 49.6 Å². The fraction of sp³-hybridized carbons (Fsp3) is 0.889. The molecule has 0 aliphatic carbocycles. The van der Waals surface area contributed by atoms with Crippen molar-refractivity contribution >= 4 is 28.5 Å². The molecule has 1 atom stereocenters. The normalized spacial score (nSPS) is 20.9. The summed E-state index contributed by atoms with van der Waals surface area (Å²) in [5.74, 6) is 0.256. The molecule has 14 heavy (non-hydrogen) atoms. The molecule has 0 bridgehead atoms. The summed E-state index contributed by atoms with van der Waals surface area (Å²) in [6.07, 6.45) is 0. The molecule has 1 fully saturated rings. The number of amides is 1. The van der Waals surface area contributed by atoms with E-state index < -0.39 is 0 Å². The van der Waals surface area contributed by atoms with E-state index in [9.17, 15) is 4.79 Å². The lowest BCUT2D eigenvalue weighted by molar-refractivity contribution is -0.129. The van der Waals surface area contributed by atoms with Crippen LogP contribution in [-0.4, -0.2) is 58.9 Å². The highest BCUT2D eigenvalue weighted by Crippen LogP contribution is 2.03. The van der Waals surface area contributed by atoms with Gasteiger partial charge in [0.15, 0.2) is 0 Å². The Bertz CT molecular complexity index is 190. The van der Waals surface area contributed by atoms with E-state index in [1.54, 1.807) is 0 Å². The van der Waals surface area contributed by atoms with E-state index in [-0.39, 0.29) is 11.9 Å². The van der Waals surface area contributed by atoms with Crippen LogP contribution in [0.25, 0.3) is 0 Å². The molecule has 4 nitrogen and oxygen atoms in total. The van der Waals surface area contributed by atoms with E-state index in [2.05, 4.69) is 27.5 Å². The molecule has 0 aromatic carbocycles. The largest absolute Gasteiger partial charge is 0.339 e. The first-order valence-corrected chi connectivity index (χ1v) is 6.47. The summed E-state index contributed by atoms with van der Waals surface area (Å²) < 4.78 is 0.588. The Morgan fingerprint density at radius 1 is 1.43 bits per heavy atom. The van der Waals surface area contributed by atoms with Crippen molar-refractivity contribution in [2.24, 2.45) is 5.73 Å². The van der Waals surface area contributed by atoms with E-state index >= 15 is 0 Å². The van der Waals surface area contributed by atoms with Gasteiger partial charge in [0.05, 0.1) is 4.43 Å². The van der Waals surface area contributed by atoms with E-state index in [0.29, 0.717) is 4.43 Å². The quantitative estimate of drug-likeness (QED) is 0.586. The van der Waals surface area contributed by atoms with Gasteiger partial charge in [-0.05, 0) is 6.92 Å². The zero-order chi connectivity index (χ0) is 10.6. The summed E-state index contributed by atoms with van der Waals surface area (Å²) in [4.78, 5) is 15.6. The lowest BCUT2D eigenvalue weighted by Crippen LogP contribution is -2.51. The summed E-state index contributed by atoms with van der Waals surface area (Å²) in [5.41, 5.74) is 5.72. The lowest BCUT2D eigenvalue weighted by Gasteiger charge is -2.35. The van der Waals surface area contributed by atoms with E-state index in [1.807, 2.05) is 11.8 Å². The number of carbonyl (C=O) groups excluding carboxylic acids is 1. The number of nitrogens with two attached hydrogens (primary N) is 1. The molecule has 0 spiro atoms. The van der Waals surface area contributed by atoms with Gasteiger partial charge in [0.1, 0.15) is 0 Å². The third kappa shape index (κ3) is 3.70. The van der Waals surface area contributed by atoms with Gasteiger partial charge in [0.2, 0.25) is 5.91 Å². The summed E-state index contributed by atoms with van der Waals surface area (Å²) in [6, 6.07) is 0.224. The summed E-state index contributed by atoms with van der Waals surface area (Å²) in [6.45, 7) is 6.59. The summed E-state index contributed by atoms with van der Waals surface area (Å²) in [5, 5.41) is 0. The summed E-state index contributed by atoms with van der Waals surface area (Å²) >= 11 is 2.12. The molecule has 2 N–H and O–H groups in total. The van der Waals surface area contributed by atoms with E-state index in [0.717, 1.165) is 32.7 Å². The second kappa shape index (κ2) is 5.87. The van der Waals surface area contributed by atoms with Crippen molar-refractivity contribution in [2.75, 3.05) is 37.2 Å². The maximum Gasteiger partial charge on any atom is 0.232 e. The van der Waals surface area contributed by atoms with Crippen molar-refractivity contribution in [1.82, 2.24) is 9.80 Å². The van der Waals surface area contributed by atoms with Gasteiger partial charge in [-0.25, -0.2) is 0 Å². The SMILES string of the molecule is CC(N)CN1CCN(C(=O)CI)CC1. The lowest BCUT2D eigenvalue weighted by atomic mass is 10.2. The first-order chi connectivity index (χ1) is 6.63. The zero-order valence-electron chi connectivity index (χ0n) is 8.58. The van der Waals surface area contributed by atoms with Gasteiger partial charge < -0.3 is 10.6 Å². The molecule has 1 amide bonds. The molecule has 0 aromatic heterocycles. The molecular formula is C9H18IN3O. The number of hydrogen-bond acceptors (Lipinski definition) is 3. The first-order valence-electron chi connectivity index (χ1n) is 4.95. The van der Waals surface area contributed by atoms with Crippen LogP contribution in [0.15, 0.2) is 0 Å². The molecule has 5 heteroatoms. The van der Waals surface area contributed by atoms with Gasteiger partial charge in [0.25, 0.3) is 0 Å². The Morgan fingerprint density at radius 2 is 2.00 bits per heavy atom. The highest BCUT2D eigenvalue weighted by atomic mass is 127. The molecule has 1 unspecified atom stereocenters. The van der Waals surface area contributed by atoms with Crippen molar-refractivity contribution < 1.29 is 4.79 Å². The van der Waals surface area contributed by atoms with Gasteiger partial charge in [0, 0.05) is 38.8 Å². The number of halogens is 1. The van der Waals surface area contributed by atoms with Crippen LogP contribution >= 0.6 is 22.6 Å². The molecule has 1 saturated heterocycles. The van der Waals surface area contributed by atoms with Crippen LogP contribution in [0.1, 0.15) is 6.92 Å². The number of piperazine rings is 1. The van der Waals surface area contributed by atoms with Gasteiger partial charge in [-0.2, -0.15) is 0 Å². The van der Waals surface area contributed by atoms with Gasteiger partial charge in [-0.3, -0.25) is 9.69 Å². The second-order valence-corrected chi connectivity index (χ2v) is 4.56. The number of carbonyl (C=O) groups is 1. The summed E-state index contributed by atoms with van der Waals surface area (Å²) in [7, 11) is 0. The second-order valence-electron chi connectivity index (χ2n) is 3.79. The van der Waals surface area contributed by atoms with Gasteiger partial charge >= 0.3 is 0 Å². The maximum atomic E-state index is 11.4. The van der Waals surface area contributed by atoms with Crippen LogP contribution in [-0.2, 0) is 4.79 Å². The van der Waals surface area contributed by atoms with Gasteiger partial charge in [-0.1, -0.05) is 22.6 Å². The highest BCUT2D eigenvalue weighted by Gasteiger charge is 2.20. The average molecular weight is 311 g/mol. The van der Waals surface area contributed by atoms with Crippen molar-refractivity contribution in [3.8, 4) is 0 Å². The molecule has 1 rings (SSSR count). The van der Waals surface area contributed by atoms with E-state index in [1.165, 1.54) is 0 Å². The van der Waals surface area contributed by atoms with Crippen LogP contribution in [0.5, 0.6) is 0 Å². The Morgan fingerprint density at radius 3 is 2.43 bits per heavy atom. The number of hydrogen-bond donors (Lipinski definition) is 1. The third-order valence-corrected chi connectivity index (χ3v) is 3.04. The molecule has 1 aliphatic heterocycles. The minimum absolute atomic E-state index is 0.224. The molecule has 1 aliphatic rings. The zero-order valence-corrected chi connectivity index (χ0v) is 10.7. The van der Waals surface area contributed by atoms with Gasteiger partial charge in [-0.15, -0.1) is 0 Å². The first kappa shape index (κ1) is 12.2. The Balaban J connectivity index is 2.27. The average Bonchev–Trinajstić information content (AvgIpc) is 2.17. The van der Waals surface area contributed by atoms with Crippen molar-refractivity contribution in [1.29, 1.82) is 0 Å². The minimum Gasteiger partial charge on any atom is -0.339 e. The minimum atomic E-state index is 0.224. The predicted molar refractivity (Wildman–Crippen MR) is 65.6 cm³/mol. The maximum absolute atomic E-state index is 11.4. The monoisotopic (exact) mass is 311 g/mol. The highest BCUT2D eigenvalue weighted by molar-refractivity contribution is 14.1. The Hall–Kier alpha value is 0.120. The smallest absolute Gasteiger partial charge is 0.232 e. The van der Waals surface area contributed by atoms with Crippen LogP contribution in [0.2, 0.25) is 0 Å². The van der Waals surface area contributed by atoms with Crippen molar-refractivity contribution in [3.05, 3.63) is 0 Å². The fourth-order valence-corrected chi connectivity index (χ4v) is 2.15. The van der Waals surface area contributed by atoms with Crippen LogP contribution in [0.3, 0.4) is 0 Å².